The number of carbonyl (C=O) groups is 1. The molecular formula is C25H30N2OS. The molecule has 29 heavy (non-hydrogen) atoms. The van der Waals surface area contributed by atoms with E-state index in [1.165, 1.54) is 44.3 Å². The van der Waals surface area contributed by atoms with Gasteiger partial charge in [0, 0.05) is 6.54 Å². The van der Waals surface area contributed by atoms with Crippen LogP contribution in [0.5, 0.6) is 0 Å². The molecule has 0 saturated carbocycles. The number of benzene rings is 2. The summed E-state index contributed by atoms with van der Waals surface area (Å²) in [4.78, 5) is 18.8. The monoisotopic (exact) mass is 406 g/mol. The zero-order valence-corrected chi connectivity index (χ0v) is 17.8. The Morgan fingerprint density at radius 2 is 1.52 bits per heavy atom. The van der Waals surface area contributed by atoms with Gasteiger partial charge in [0.25, 0.3) is 5.91 Å². The highest BCUT2D eigenvalue weighted by Crippen LogP contribution is 2.46. The maximum Gasteiger partial charge on any atom is 0.261 e. The first-order chi connectivity index (χ1) is 14.3. The van der Waals surface area contributed by atoms with Crippen molar-refractivity contribution in [2.45, 2.75) is 37.5 Å². The molecule has 1 amide bonds. The Hall–Kier alpha value is -2.04. The van der Waals surface area contributed by atoms with Crippen molar-refractivity contribution < 1.29 is 4.79 Å². The Balaban J connectivity index is 1.47. The fourth-order valence-electron chi connectivity index (χ4n) is 4.19. The Bertz CT molecular complexity index is 813. The average Bonchev–Trinajstić information content (AvgIpc) is 2.92. The summed E-state index contributed by atoms with van der Waals surface area (Å²) < 4.78 is 0. The second kappa shape index (κ2) is 10.1. The van der Waals surface area contributed by atoms with E-state index in [2.05, 4.69) is 46.2 Å². The van der Waals surface area contributed by atoms with Gasteiger partial charge < -0.3 is 9.80 Å². The molecule has 2 saturated heterocycles. The van der Waals surface area contributed by atoms with Crippen molar-refractivity contribution in [2.75, 3.05) is 26.2 Å². The minimum absolute atomic E-state index is 0.0720. The highest BCUT2D eigenvalue weighted by Gasteiger charge is 2.36. The van der Waals surface area contributed by atoms with Crippen molar-refractivity contribution in [3.63, 3.8) is 0 Å². The van der Waals surface area contributed by atoms with Gasteiger partial charge in [-0.15, -0.1) is 0 Å². The number of nitrogens with zero attached hydrogens (tertiary/aromatic N) is 2. The molecular weight excluding hydrogens is 376 g/mol. The molecule has 4 heteroatoms. The van der Waals surface area contributed by atoms with Gasteiger partial charge >= 0.3 is 0 Å². The molecule has 0 radical (unpaired) electrons. The lowest BCUT2D eigenvalue weighted by Crippen LogP contribution is -2.32. The van der Waals surface area contributed by atoms with E-state index in [9.17, 15) is 4.79 Å². The van der Waals surface area contributed by atoms with Crippen LogP contribution in [-0.2, 0) is 4.79 Å². The van der Waals surface area contributed by atoms with Crippen LogP contribution in [0.4, 0.5) is 0 Å². The van der Waals surface area contributed by atoms with Crippen LogP contribution in [0.1, 0.15) is 48.6 Å². The lowest BCUT2D eigenvalue weighted by Gasteiger charge is -2.26. The number of rotatable bonds is 6. The summed E-state index contributed by atoms with van der Waals surface area (Å²) in [5.74, 6) is 0.170. The number of carbonyl (C=O) groups excluding carboxylic acids is 1. The zero-order chi connectivity index (χ0) is 19.9. The van der Waals surface area contributed by atoms with E-state index in [0.29, 0.717) is 0 Å². The van der Waals surface area contributed by atoms with Gasteiger partial charge in [-0.2, -0.15) is 0 Å². The summed E-state index contributed by atoms with van der Waals surface area (Å²) in [5, 5.41) is 0.0720. The number of thioether (sulfide) groups is 1. The van der Waals surface area contributed by atoms with E-state index in [1.807, 2.05) is 30.3 Å². The van der Waals surface area contributed by atoms with Crippen molar-refractivity contribution in [3.8, 4) is 0 Å². The summed E-state index contributed by atoms with van der Waals surface area (Å²) in [5.41, 5.74) is 2.29. The second-order valence-corrected chi connectivity index (χ2v) is 9.03. The second-order valence-electron chi connectivity index (χ2n) is 7.91. The highest BCUT2D eigenvalue weighted by atomic mass is 32.2. The van der Waals surface area contributed by atoms with Gasteiger partial charge in [-0.3, -0.25) is 4.79 Å². The lowest BCUT2D eigenvalue weighted by molar-refractivity contribution is -0.126. The smallest absolute Gasteiger partial charge is 0.261 e. The molecule has 4 rings (SSSR count). The quantitative estimate of drug-likeness (QED) is 0.586. The van der Waals surface area contributed by atoms with Gasteiger partial charge in [0.2, 0.25) is 0 Å². The van der Waals surface area contributed by atoms with Crippen LogP contribution < -0.4 is 0 Å². The van der Waals surface area contributed by atoms with Crippen LogP contribution in [0.15, 0.2) is 65.6 Å². The van der Waals surface area contributed by atoms with E-state index in [0.717, 1.165) is 30.0 Å². The van der Waals surface area contributed by atoms with Crippen LogP contribution in [0.2, 0.25) is 0 Å². The molecule has 0 aromatic heterocycles. The summed E-state index contributed by atoms with van der Waals surface area (Å²) >= 11 is 1.69. The molecule has 152 valence electrons. The fraction of sp³-hybridized carbons (Fsp3) is 0.400. The molecule has 0 N–H and O–H groups in total. The minimum atomic E-state index is 0.0720. The third kappa shape index (κ3) is 5.31. The molecule has 2 aromatic rings. The first kappa shape index (κ1) is 20.2. The highest BCUT2D eigenvalue weighted by molar-refractivity contribution is 8.04. The molecule has 2 aliphatic heterocycles. The lowest BCUT2D eigenvalue weighted by atomic mass is 10.2. The standard InChI is InChI=1S/C25H30N2OS/c28-24-23(20-21-12-5-3-6-13-21)29-25(22-14-7-4-8-15-22)27(24)19-11-18-26-16-9-1-2-10-17-26/h3-8,12-15,20,25H,1-2,9-11,16-19H2/b23-20-. The Labute approximate surface area is 178 Å². The first-order valence-corrected chi connectivity index (χ1v) is 11.7. The van der Waals surface area contributed by atoms with Crippen LogP contribution >= 0.6 is 11.8 Å². The van der Waals surface area contributed by atoms with Crippen molar-refractivity contribution in [1.82, 2.24) is 9.80 Å². The van der Waals surface area contributed by atoms with Gasteiger partial charge in [-0.05, 0) is 56.1 Å². The van der Waals surface area contributed by atoms with Crippen molar-refractivity contribution in [3.05, 3.63) is 76.7 Å². The van der Waals surface area contributed by atoms with Gasteiger partial charge in [-0.1, -0.05) is 85.3 Å². The molecule has 3 nitrogen and oxygen atoms in total. The topological polar surface area (TPSA) is 23.6 Å². The van der Waals surface area contributed by atoms with Gasteiger partial charge in [0.15, 0.2) is 0 Å². The number of hydrogen-bond donors (Lipinski definition) is 0. The Morgan fingerprint density at radius 3 is 2.21 bits per heavy atom. The maximum absolute atomic E-state index is 13.3. The van der Waals surface area contributed by atoms with E-state index in [1.54, 1.807) is 11.8 Å². The summed E-state index contributed by atoms with van der Waals surface area (Å²) in [6.45, 7) is 4.33. The predicted octanol–water partition coefficient (Wildman–Crippen LogP) is 5.57. The number of hydrogen-bond acceptors (Lipinski definition) is 3. The molecule has 0 spiro atoms. The molecule has 2 aromatic carbocycles. The first-order valence-electron chi connectivity index (χ1n) is 10.8. The molecule has 2 aliphatic rings. The Morgan fingerprint density at radius 1 is 0.862 bits per heavy atom. The van der Waals surface area contributed by atoms with E-state index in [-0.39, 0.29) is 11.3 Å². The molecule has 0 bridgehead atoms. The van der Waals surface area contributed by atoms with Crippen LogP contribution in [-0.4, -0.2) is 41.9 Å². The third-order valence-corrected chi connectivity index (χ3v) is 7.04. The number of likely N-dealkylation sites (tertiary alicyclic amines) is 1. The SMILES string of the molecule is O=C1/C(=C/c2ccccc2)SC(c2ccccc2)N1CCCN1CCCCCC1. The normalized spacial score (nSPS) is 22.2. The Kier molecular flexibility index (Phi) is 7.07. The van der Waals surface area contributed by atoms with Gasteiger partial charge in [-0.25, -0.2) is 0 Å². The van der Waals surface area contributed by atoms with E-state index < -0.39 is 0 Å². The average molecular weight is 407 g/mol. The molecule has 1 atom stereocenters. The van der Waals surface area contributed by atoms with Crippen LogP contribution in [0.3, 0.4) is 0 Å². The molecule has 1 unspecified atom stereocenters. The van der Waals surface area contributed by atoms with Crippen molar-refractivity contribution in [2.24, 2.45) is 0 Å². The number of amides is 1. The van der Waals surface area contributed by atoms with Crippen molar-refractivity contribution >= 4 is 23.7 Å². The summed E-state index contributed by atoms with van der Waals surface area (Å²) in [6.07, 6.45) is 8.43. The minimum Gasteiger partial charge on any atom is -0.322 e. The van der Waals surface area contributed by atoms with E-state index >= 15 is 0 Å². The molecule has 2 fully saturated rings. The van der Waals surface area contributed by atoms with Crippen molar-refractivity contribution in [1.29, 1.82) is 0 Å². The fourth-order valence-corrected chi connectivity index (χ4v) is 5.47. The zero-order valence-electron chi connectivity index (χ0n) is 17.0. The maximum atomic E-state index is 13.3. The third-order valence-electron chi connectivity index (χ3n) is 5.75. The molecule has 0 aliphatic carbocycles. The summed E-state index contributed by atoms with van der Waals surface area (Å²) in [6, 6.07) is 20.6. The largest absolute Gasteiger partial charge is 0.322 e. The summed E-state index contributed by atoms with van der Waals surface area (Å²) in [7, 11) is 0. The van der Waals surface area contributed by atoms with Gasteiger partial charge in [0.05, 0.1) is 4.91 Å². The predicted molar refractivity (Wildman–Crippen MR) is 122 cm³/mol. The van der Waals surface area contributed by atoms with Crippen LogP contribution in [0, 0.1) is 0 Å². The molecule has 2 heterocycles. The van der Waals surface area contributed by atoms with E-state index in [4.69, 9.17) is 0 Å². The van der Waals surface area contributed by atoms with Gasteiger partial charge in [0.1, 0.15) is 5.37 Å². The van der Waals surface area contributed by atoms with Crippen LogP contribution in [0.25, 0.3) is 6.08 Å².